The van der Waals surface area contributed by atoms with E-state index in [0.717, 1.165) is 29.6 Å². The molecule has 8 atom stereocenters. The highest BCUT2D eigenvalue weighted by molar-refractivity contribution is 5.15. The van der Waals surface area contributed by atoms with Crippen molar-refractivity contribution in [1.82, 2.24) is 0 Å². The summed E-state index contributed by atoms with van der Waals surface area (Å²) in [5.74, 6) is 4.28. The monoisotopic (exact) mass is 386 g/mol. The first-order chi connectivity index (χ1) is 13.5. The number of aliphatic hydroxyl groups excluding tert-OH is 1. The van der Waals surface area contributed by atoms with Gasteiger partial charge in [0.1, 0.15) is 0 Å². The first-order valence-electron chi connectivity index (χ1n) is 12.9. The summed E-state index contributed by atoms with van der Waals surface area (Å²) in [4.78, 5) is 0. The van der Waals surface area contributed by atoms with E-state index >= 15 is 0 Å². The summed E-state index contributed by atoms with van der Waals surface area (Å²) >= 11 is 0. The lowest BCUT2D eigenvalue weighted by Gasteiger charge is -2.61. The van der Waals surface area contributed by atoms with Gasteiger partial charge in [0.15, 0.2) is 0 Å². The average molecular weight is 387 g/mol. The van der Waals surface area contributed by atoms with Crippen LogP contribution in [0.15, 0.2) is 12.2 Å². The molecule has 28 heavy (non-hydrogen) atoms. The summed E-state index contributed by atoms with van der Waals surface area (Å²) in [6.45, 7) is 7.44. The molecule has 0 spiro atoms. The number of aliphatic hydroxyl groups is 1. The normalized spacial score (nSPS) is 47.4. The summed E-state index contributed by atoms with van der Waals surface area (Å²) < 4.78 is 0. The third-order valence-corrected chi connectivity index (χ3v) is 10.4. The Kier molecular flexibility index (Phi) is 6.32. The average Bonchev–Trinajstić information content (AvgIpc) is 3.02. The number of fused-ring (bicyclic) bond motifs is 5. The van der Waals surface area contributed by atoms with Crippen molar-refractivity contribution in [3.63, 3.8) is 0 Å². The Bertz CT molecular complexity index is 552. The van der Waals surface area contributed by atoms with Gasteiger partial charge in [-0.1, -0.05) is 71.4 Å². The summed E-state index contributed by atoms with van der Waals surface area (Å²) in [5.41, 5.74) is 0.750. The highest BCUT2D eigenvalue weighted by Crippen LogP contribution is 2.67. The highest BCUT2D eigenvalue weighted by Gasteiger charge is 2.60. The van der Waals surface area contributed by atoms with Crippen LogP contribution in [0.2, 0.25) is 0 Å². The van der Waals surface area contributed by atoms with Crippen molar-refractivity contribution < 1.29 is 5.11 Å². The molecule has 1 heteroatoms. The molecular formula is C27H46O. The van der Waals surface area contributed by atoms with Gasteiger partial charge in [0, 0.05) is 5.41 Å². The molecule has 0 aliphatic heterocycles. The van der Waals surface area contributed by atoms with Crippen molar-refractivity contribution in [2.45, 2.75) is 117 Å². The van der Waals surface area contributed by atoms with Gasteiger partial charge in [0.2, 0.25) is 0 Å². The number of allylic oxidation sites excluding steroid dienone is 1. The Morgan fingerprint density at radius 2 is 1.68 bits per heavy atom. The van der Waals surface area contributed by atoms with E-state index in [1.54, 1.807) is 0 Å². The molecule has 4 rings (SSSR count). The van der Waals surface area contributed by atoms with Gasteiger partial charge in [-0.15, -0.1) is 0 Å². The van der Waals surface area contributed by atoms with Crippen molar-refractivity contribution >= 4 is 0 Å². The Morgan fingerprint density at radius 3 is 2.50 bits per heavy atom. The van der Waals surface area contributed by atoms with E-state index < -0.39 is 0 Å². The maximum atomic E-state index is 11.0. The van der Waals surface area contributed by atoms with Crippen LogP contribution in [0.3, 0.4) is 0 Å². The molecule has 0 aromatic rings. The van der Waals surface area contributed by atoms with Gasteiger partial charge in [-0.2, -0.15) is 0 Å². The molecular weight excluding hydrogens is 340 g/mol. The molecule has 4 aliphatic carbocycles. The van der Waals surface area contributed by atoms with Crippen LogP contribution >= 0.6 is 0 Å². The molecule has 3 saturated carbocycles. The standard InChI is InChI=1S/C27H46O/c1-4-5-6-7-8-9-11-20-15-17-23-22-16-14-21-12-10-13-25(28)27(21,3)24(22)18-19-26(20,23)2/h10,13,20-25,28H,4-9,11-12,14-19H2,1-3H3/t20-,21+,22-,23-,24-,25+,26+,27-/m0/s1. The number of unbranched alkanes of at least 4 members (excludes halogenated alkanes) is 5. The van der Waals surface area contributed by atoms with Gasteiger partial charge in [0.25, 0.3) is 0 Å². The van der Waals surface area contributed by atoms with Crippen molar-refractivity contribution in [3.05, 3.63) is 12.2 Å². The second kappa shape index (κ2) is 8.44. The number of hydrogen-bond donors (Lipinski definition) is 1. The zero-order valence-corrected chi connectivity index (χ0v) is 19.0. The lowest BCUT2D eigenvalue weighted by atomic mass is 9.45. The van der Waals surface area contributed by atoms with E-state index in [9.17, 15) is 5.11 Å². The SMILES string of the molecule is CCCCCCCC[C@H]1CC[C@H]2[C@@H]3CC[C@H]4CC=C[C@@H](O)[C@]4(C)[C@H]3CC[C@]12C. The van der Waals surface area contributed by atoms with Gasteiger partial charge >= 0.3 is 0 Å². The molecule has 0 radical (unpaired) electrons. The predicted octanol–water partition coefficient (Wildman–Crippen LogP) is 7.53. The Balaban J connectivity index is 1.40. The second-order valence-corrected chi connectivity index (χ2v) is 11.5. The fourth-order valence-electron chi connectivity index (χ4n) is 8.64. The van der Waals surface area contributed by atoms with Crippen LogP contribution in [0.4, 0.5) is 0 Å². The minimum absolute atomic E-state index is 0.149. The van der Waals surface area contributed by atoms with E-state index in [1.165, 1.54) is 89.9 Å². The van der Waals surface area contributed by atoms with Gasteiger partial charge < -0.3 is 5.11 Å². The Morgan fingerprint density at radius 1 is 0.893 bits per heavy atom. The van der Waals surface area contributed by atoms with Crippen molar-refractivity contribution in [1.29, 1.82) is 0 Å². The number of rotatable bonds is 7. The van der Waals surface area contributed by atoms with Crippen molar-refractivity contribution in [2.24, 2.45) is 40.4 Å². The lowest BCUT2D eigenvalue weighted by Crippen LogP contribution is -2.56. The lowest BCUT2D eigenvalue weighted by molar-refractivity contribution is -0.137. The smallest absolute Gasteiger partial charge is 0.0779 e. The van der Waals surface area contributed by atoms with Crippen LogP contribution in [-0.4, -0.2) is 11.2 Å². The molecule has 160 valence electrons. The summed E-state index contributed by atoms with van der Waals surface area (Å²) in [5, 5.41) is 11.0. The van der Waals surface area contributed by atoms with Crippen LogP contribution in [-0.2, 0) is 0 Å². The minimum Gasteiger partial charge on any atom is -0.388 e. The second-order valence-electron chi connectivity index (χ2n) is 11.5. The van der Waals surface area contributed by atoms with Crippen LogP contribution < -0.4 is 0 Å². The van der Waals surface area contributed by atoms with E-state index in [0.29, 0.717) is 5.41 Å². The quantitative estimate of drug-likeness (QED) is 0.354. The molecule has 0 heterocycles. The molecule has 0 aromatic carbocycles. The molecule has 0 unspecified atom stereocenters. The van der Waals surface area contributed by atoms with Crippen LogP contribution in [0.5, 0.6) is 0 Å². The molecule has 0 bridgehead atoms. The summed E-state index contributed by atoms with van der Waals surface area (Å²) in [6, 6.07) is 0. The third kappa shape index (κ3) is 3.42. The maximum absolute atomic E-state index is 11.0. The molecule has 1 nitrogen and oxygen atoms in total. The zero-order chi connectivity index (χ0) is 19.8. The molecule has 3 fully saturated rings. The zero-order valence-electron chi connectivity index (χ0n) is 19.0. The van der Waals surface area contributed by atoms with E-state index in [-0.39, 0.29) is 11.5 Å². The fraction of sp³-hybridized carbons (Fsp3) is 0.926. The Labute approximate surface area is 174 Å². The van der Waals surface area contributed by atoms with Crippen LogP contribution in [0, 0.1) is 40.4 Å². The van der Waals surface area contributed by atoms with Gasteiger partial charge in [-0.3, -0.25) is 0 Å². The molecule has 0 amide bonds. The van der Waals surface area contributed by atoms with Crippen LogP contribution in [0.1, 0.15) is 111 Å². The largest absolute Gasteiger partial charge is 0.388 e. The van der Waals surface area contributed by atoms with Gasteiger partial charge in [-0.05, 0) is 86.4 Å². The molecule has 0 aromatic heterocycles. The highest BCUT2D eigenvalue weighted by atomic mass is 16.3. The topological polar surface area (TPSA) is 20.2 Å². The molecule has 4 aliphatic rings. The minimum atomic E-state index is -0.205. The van der Waals surface area contributed by atoms with E-state index in [1.807, 2.05) is 0 Å². The van der Waals surface area contributed by atoms with Gasteiger partial charge in [0.05, 0.1) is 6.10 Å². The van der Waals surface area contributed by atoms with E-state index in [4.69, 9.17) is 0 Å². The first kappa shape index (κ1) is 21.0. The molecule has 0 saturated heterocycles. The predicted molar refractivity (Wildman–Crippen MR) is 119 cm³/mol. The maximum Gasteiger partial charge on any atom is 0.0779 e. The fourth-order valence-corrected chi connectivity index (χ4v) is 8.64. The van der Waals surface area contributed by atoms with Crippen LogP contribution in [0.25, 0.3) is 0 Å². The first-order valence-corrected chi connectivity index (χ1v) is 12.9. The van der Waals surface area contributed by atoms with Crippen molar-refractivity contribution in [2.75, 3.05) is 0 Å². The number of hydrogen-bond acceptors (Lipinski definition) is 1. The summed E-state index contributed by atoms with van der Waals surface area (Å²) in [6.07, 6.45) is 24.1. The molecule has 1 N–H and O–H groups in total. The Hall–Kier alpha value is -0.300. The van der Waals surface area contributed by atoms with E-state index in [2.05, 4.69) is 32.9 Å². The third-order valence-electron chi connectivity index (χ3n) is 10.4. The van der Waals surface area contributed by atoms with Gasteiger partial charge in [-0.25, -0.2) is 0 Å². The van der Waals surface area contributed by atoms with Crippen molar-refractivity contribution in [3.8, 4) is 0 Å². The summed E-state index contributed by atoms with van der Waals surface area (Å²) in [7, 11) is 0.